The SMILES string of the molecule is CC(C)c1nc(NC2CCC(C(=O)NCc3cccc(Cl)c3)CC2)nc2ccccc12. The zero-order valence-corrected chi connectivity index (χ0v) is 18.8. The molecule has 1 amide bonds. The summed E-state index contributed by atoms with van der Waals surface area (Å²) in [5, 5.41) is 8.38. The first-order valence-electron chi connectivity index (χ1n) is 11.0. The van der Waals surface area contributed by atoms with Crippen molar-refractivity contribution in [2.24, 2.45) is 5.92 Å². The molecule has 5 nitrogen and oxygen atoms in total. The Balaban J connectivity index is 1.33. The Morgan fingerprint density at radius 3 is 2.58 bits per heavy atom. The summed E-state index contributed by atoms with van der Waals surface area (Å²) >= 11 is 6.02. The molecule has 0 saturated heterocycles. The van der Waals surface area contributed by atoms with E-state index in [9.17, 15) is 4.79 Å². The lowest BCUT2D eigenvalue weighted by atomic mass is 9.85. The summed E-state index contributed by atoms with van der Waals surface area (Å²) in [5.74, 6) is 1.20. The van der Waals surface area contributed by atoms with Crippen LogP contribution in [-0.2, 0) is 11.3 Å². The number of carbonyl (C=O) groups is 1. The second-order valence-corrected chi connectivity index (χ2v) is 9.08. The fourth-order valence-electron chi connectivity index (χ4n) is 4.27. The number of hydrogen-bond acceptors (Lipinski definition) is 4. The Morgan fingerprint density at radius 1 is 1.06 bits per heavy atom. The van der Waals surface area contributed by atoms with Crippen LogP contribution in [0.5, 0.6) is 0 Å². The lowest BCUT2D eigenvalue weighted by Crippen LogP contribution is -2.35. The Bertz CT molecular complexity index is 1060. The highest BCUT2D eigenvalue weighted by atomic mass is 35.5. The summed E-state index contributed by atoms with van der Waals surface area (Å²) in [4.78, 5) is 22.1. The van der Waals surface area contributed by atoms with Crippen LogP contribution in [-0.4, -0.2) is 21.9 Å². The minimum atomic E-state index is 0.0565. The van der Waals surface area contributed by atoms with Gasteiger partial charge in [-0.1, -0.05) is 55.8 Å². The molecule has 6 heteroatoms. The van der Waals surface area contributed by atoms with Gasteiger partial charge >= 0.3 is 0 Å². The van der Waals surface area contributed by atoms with E-state index in [1.165, 1.54) is 0 Å². The van der Waals surface area contributed by atoms with E-state index >= 15 is 0 Å². The van der Waals surface area contributed by atoms with E-state index in [1.54, 1.807) is 0 Å². The molecule has 1 fully saturated rings. The van der Waals surface area contributed by atoms with Crippen LogP contribution in [0.4, 0.5) is 5.95 Å². The third-order valence-corrected chi connectivity index (χ3v) is 6.20. The molecule has 1 aliphatic rings. The molecule has 2 N–H and O–H groups in total. The number of anilines is 1. The van der Waals surface area contributed by atoms with Crippen LogP contribution < -0.4 is 10.6 Å². The summed E-state index contributed by atoms with van der Waals surface area (Å²) in [7, 11) is 0. The van der Waals surface area contributed by atoms with Gasteiger partial charge in [-0.05, 0) is 55.4 Å². The van der Waals surface area contributed by atoms with Crippen molar-refractivity contribution in [2.75, 3.05) is 5.32 Å². The Hall–Kier alpha value is -2.66. The van der Waals surface area contributed by atoms with E-state index in [-0.39, 0.29) is 17.9 Å². The van der Waals surface area contributed by atoms with E-state index in [2.05, 4.69) is 30.5 Å². The highest BCUT2D eigenvalue weighted by Crippen LogP contribution is 2.28. The molecule has 0 bridgehead atoms. The first-order valence-corrected chi connectivity index (χ1v) is 11.4. The molecule has 2 aromatic carbocycles. The minimum absolute atomic E-state index is 0.0565. The third kappa shape index (κ3) is 5.34. The van der Waals surface area contributed by atoms with Crippen LogP contribution in [0.15, 0.2) is 48.5 Å². The zero-order chi connectivity index (χ0) is 21.8. The van der Waals surface area contributed by atoms with Crippen LogP contribution in [0, 0.1) is 5.92 Å². The number of nitrogens with zero attached hydrogens (tertiary/aromatic N) is 2. The number of hydrogen-bond donors (Lipinski definition) is 2. The first kappa shape index (κ1) is 21.6. The summed E-state index contributed by atoms with van der Waals surface area (Å²) in [6.45, 7) is 4.83. The van der Waals surface area contributed by atoms with Gasteiger partial charge in [-0.15, -0.1) is 0 Å². The van der Waals surface area contributed by atoms with E-state index in [4.69, 9.17) is 21.6 Å². The van der Waals surface area contributed by atoms with Crippen LogP contribution >= 0.6 is 11.6 Å². The van der Waals surface area contributed by atoms with Gasteiger partial charge in [0.1, 0.15) is 0 Å². The molecule has 31 heavy (non-hydrogen) atoms. The van der Waals surface area contributed by atoms with Gasteiger partial charge in [-0.25, -0.2) is 9.97 Å². The van der Waals surface area contributed by atoms with Crippen LogP contribution in [0.3, 0.4) is 0 Å². The van der Waals surface area contributed by atoms with Gasteiger partial charge in [0.15, 0.2) is 0 Å². The van der Waals surface area contributed by atoms with Crippen molar-refractivity contribution in [2.45, 2.75) is 58.0 Å². The molecule has 0 aliphatic heterocycles. The van der Waals surface area contributed by atoms with Crippen molar-refractivity contribution in [1.82, 2.24) is 15.3 Å². The van der Waals surface area contributed by atoms with Gasteiger partial charge in [0.05, 0.1) is 11.2 Å². The molecule has 3 aromatic rings. The van der Waals surface area contributed by atoms with Crippen molar-refractivity contribution in [3.63, 3.8) is 0 Å². The molecular formula is C25H29ClN4O. The normalized spacial score (nSPS) is 18.8. The third-order valence-electron chi connectivity index (χ3n) is 5.97. The zero-order valence-electron chi connectivity index (χ0n) is 18.1. The van der Waals surface area contributed by atoms with Gasteiger partial charge in [-0.3, -0.25) is 4.79 Å². The van der Waals surface area contributed by atoms with Crippen molar-refractivity contribution >= 4 is 34.4 Å². The molecule has 0 radical (unpaired) electrons. The van der Waals surface area contributed by atoms with E-state index in [0.717, 1.165) is 47.8 Å². The predicted molar refractivity (Wildman–Crippen MR) is 126 cm³/mol. The Labute approximate surface area is 188 Å². The first-order chi connectivity index (χ1) is 15.0. The van der Waals surface area contributed by atoms with Crippen LogP contribution in [0.1, 0.15) is 56.7 Å². The number of para-hydroxylation sites is 1. The highest BCUT2D eigenvalue weighted by Gasteiger charge is 2.26. The summed E-state index contributed by atoms with van der Waals surface area (Å²) in [6, 6.07) is 16.1. The lowest BCUT2D eigenvalue weighted by molar-refractivity contribution is -0.126. The van der Waals surface area contributed by atoms with Gasteiger partial charge in [0.25, 0.3) is 0 Å². The molecule has 162 valence electrons. The molecular weight excluding hydrogens is 408 g/mol. The highest BCUT2D eigenvalue weighted by molar-refractivity contribution is 6.30. The number of carbonyl (C=O) groups excluding carboxylic acids is 1. The number of halogens is 1. The Kier molecular flexibility index (Phi) is 6.71. The second-order valence-electron chi connectivity index (χ2n) is 8.64. The summed E-state index contributed by atoms with van der Waals surface area (Å²) < 4.78 is 0. The van der Waals surface area contributed by atoms with Crippen LogP contribution in [0.2, 0.25) is 5.02 Å². The van der Waals surface area contributed by atoms with E-state index < -0.39 is 0 Å². The molecule has 4 rings (SSSR count). The number of rotatable bonds is 6. The maximum atomic E-state index is 12.6. The number of amides is 1. The van der Waals surface area contributed by atoms with E-state index in [1.807, 2.05) is 42.5 Å². The standard InChI is InChI=1S/C25H29ClN4O/c1-16(2)23-21-8-3-4-9-22(21)29-25(30-23)28-20-12-10-18(11-13-20)24(31)27-15-17-6-5-7-19(26)14-17/h3-9,14,16,18,20H,10-13,15H2,1-2H3,(H,27,31)(H,28,29,30). The molecule has 1 saturated carbocycles. The lowest BCUT2D eigenvalue weighted by Gasteiger charge is -2.28. The van der Waals surface area contributed by atoms with Crippen molar-refractivity contribution in [1.29, 1.82) is 0 Å². The topological polar surface area (TPSA) is 66.9 Å². The average molecular weight is 437 g/mol. The number of aromatic nitrogens is 2. The van der Waals surface area contributed by atoms with Crippen molar-refractivity contribution in [3.8, 4) is 0 Å². The maximum Gasteiger partial charge on any atom is 0.223 e. The van der Waals surface area contributed by atoms with Gasteiger partial charge in [0.2, 0.25) is 11.9 Å². The molecule has 1 aliphatic carbocycles. The molecule has 0 spiro atoms. The van der Waals surface area contributed by atoms with Crippen molar-refractivity contribution in [3.05, 3.63) is 64.8 Å². The fourth-order valence-corrected chi connectivity index (χ4v) is 4.48. The number of fused-ring (bicyclic) bond motifs is 1. The quantitative estimate of drug-likeness (QED) is 0.520. The number of nitrogens with one attached hydrogen (secondary N) is 2. The molecule has 0 atom stereocenters. The molecule has 0 unspecified atom stereocenters. The van der Waals surface area contributed by atoms with Gasteiger partial charge in [-0.2, -0.15) is 0 Å². The second kappa shape index (κ2) is 9.65. The molecule has 1 aromatic heterocycles. The maximum absolute atomic E-state index is 12.6. The predicted octanol–water partition coefficient (Wildman–Crippen LogP) is 5.69. The van der Waals surface area contributed by atoms with E-state index in [0.29, 0.717) is 23.4 Å². The van der Waals surface area contributed by atoms with Crippen LogP contribution in [0.25, 0.3) is 10.9 Å². The number of benzene rings is 2. The van der Waals surface area contributed by atoms with Gasteiger partial charge < -0.3 is 10.6 Å². The minimum Gasteiger partial charge on any atom is -0.352 e. The molecule has 1 heterocycles. The smallest absolute Gasteiger partial charge is 0.223 e. The van der Waals surface area contributed by atoms with Gasteiger partial charge in [0, 0.05) is 28.9 Å². The monoisotopic (exact) mass is 436 g/mol. The summed E-state index contributed by atoms with van der Waals surface area (Å²) in [6.07, 6.45) is 3.60. The Morgan fingerprint density at radius 2 is 1.84 bits per heavy atom. The fraction of sp³-hybridized carbons (Fsp3) is 0.400. The van der Waals surface area contributed by atoms with Crippen molar-refractivity contribution < 1.29 is 4.79 Å². The average Bonchev–Trinajstić information content (AvgIpc) is 2.77. The summed E-state index contributed by atoms with van der Waals surface area (Å²) in [5.41, 5.74) is 3.06. The largest absolute Gasteiger partial charge is 0.352 e.